The Bertz CT molecular complexity index is 696. The summed E-state index contributed by atoms with van der Waals surface area (Å²) >= 11 is 6.48. The van der Waals surface area contributed by atoms with E-state index in [1.54, 1.807) is 39.8 Å². The van der Waals surface area contributed by atoms with Crippen LogP contribution in [0.15, 0.2) is 26.7 Å². The molecule has 0 amide bonds. The molecule has 0 unspecified atom stereocenters. The highest BCUT2D eigenvalue weighted by Crippen LogP contribution is 2.40. The monoisotopic (exact) mass is 446 g/mol. The Hall–Kier alpha value is -1.34. The fraction of sp³-hybridized carbons (Fsp3) is 0.375. The van der Waals surface area contributed by atoms with Crippen LogP contribution in [0.5, 0.6) is 5.75 Å². The van der Waals surface area contributed by atoms with Crippen molar-refractivity contribution in [1.82, 2.24) is 0 Å². The van der Waals surface area contributed by atoms with Crippen molar-refractivity contribution in [2.24, 2.45) is 5.41 Å². The zero-order chi connectivity index (χ0) is 17.6. The van der Waals surface area contributed by atoms with E-state index in [0.717, 1.165) is 0 Å². The molecule has 0 aromatic heterocycles. The number of halogens is 2. The summed E-state index contributed by atoms with van der Waals surface area (Å²) in [6, 6.07) is 3.22. The molecule has 0 atom stereocenters. The number of carbonyl (C=O) groups excluding carboxylic acids is 2. The first kappa shape index (κ1) is 18.0. The van der Waals surface area contributed by atoms with Crippen LogP contribution < -0.4 is 0 Å². The number of cyclic esters (lactones) is 2. The molecule has 1 aliphatic rings. The topological polar surface area (TPSA) is 72.8 Å². The van der Waals surface area contributed by atoms with Gasteiger partial charge in [0, 0.05) is 22.4 Å². The first-order valence-electron chi connectivity index (χ1n) is 6.81. The maximum atomic E-state index is 12.3. The van der Waals surface area contributed by atoms with Crippen molar-refractivity contribution in [2.75, 3.05) is 0 Å². The van der Waals surface area contributed by atoms with Gasteiger partial charge in [0.2, 0.25) is 0 Å². The third-order valence-corrected chi connectivity index (χ3v) is 4.80. The average Bonchev–Trinajstić information content (AvgIpc) is 2.37. The number of ether oxygens (including phenoxy) is 2. The van der Waals surface area contributed by atoms with Crippen LogP contribution in [0.4, 0.5) is 0 Å². The number of aromatic hydroxyl groups is 1. The standard InChI is InChI=1S/C16H16Br2O5/c1-15(2,3)16(4)22-13(20)10(14(21)23-16)6-8-5-9(17)7-11(18)12(8)19/h5-7,19H,1-4H3. The van der Waals surface area contributed by atoms with Crippen molar-refractivity contribution in [3.63, 3.8) is 0 Å². The zero-order valence-corrected chi connectivity index (χ0v) is 16.2. The largest absolute Gasteiger partial charge is 0.506 e. The normalized spacial score (nSPS) is 21.7. The highest BCUT2D eigenvalue weighted by Gasteiger charge is 2.50. The first-order chi connectivity index (χ1) is 10.4. The molecule has 1 fully saturated rings. The van der Waals surface area contributed by atoms with Crippen molar-refractivity contribution < 1.29 is 24.2 Å². The first-order valence-corrected chi connectivity index (χ1v) is 8.39. The van der Waals surface area contributed by atoms with Gasteiger partial charge in [0.15, 0.2) is 0 Å². The predicted octanol–water partition coefficient (Wildman–Crippen LogP) is 4.16. The third kappa shape index (κ3) is 3.45. The average molecular weight is 448 g/mol. The summed E-state index contributed by atoms with van der Waals surface area (Å²) in [6.07, 6.45) is 1.25. The van der Waals surface area contributed by atoms with Crippen LogP contribution >= 0.6 is 31.9 Å². The van der Waals surface area contributed by atoms with Gasteiger partial charge in [-0.3, -0.25) is 0 Å². The smallest absolute Gasteiger partial charge is 0.348 e. The maximum absolute atomic E-state index is 12.3. The second kappa shape index (κ2) is 5.94. The van der Waals surface area contributed by atoms with Gasteiger partial charge in [0.05, 0.1) is 4.47 Å². The van der Waals surface area contributed by atoms with Crippen LogP contribution in [-0.4, -0.2) is 22.8 Å². The Morgan fingerprint density at radius 2 is 1.65 bits per heavy atom. The molecule has 1 aromatic rings. The van der Waals surface area contributed by atoms with E-state index in [1.807, 2.05) is 0 Å². The summed E-state index contributed by atoms with van der Waals surface area (Å²) < 4.78 is 11.8. The molecule has 1 saturated heterocycles. The van der Waals surface area contributed by atoms with Gasteiger partial charge in [-0.1, -0.05) is 36.7 Å². The molecule has 124 valence electrons. The highest BCUT2D eigenvalue weighted by atomic mass is 79.9. The van der Waals surface area contributed by atoms with Crippen molar-refractivity contribution in [3.05, 3.63) is 32.2 Å². The lowest BCUT2D eigenvalue weighted by atomic mass is 9.85. The Morgan fingerprint density at radius 1 is 1.13 bits per heavy atom. The van der Waals surface area contributed by atoms with Crippen molar-refractivity contribution in [3.8, 4) is 5.75 Å². The Labute approximate surface area is 150 Å². The van der Waals surface area contributed by atoms with E-state index in [2.05, 4.69) is 31.9 Å². The number of hydrogen-bond donors (Lipinski definition) is 1. The summed E-state index contributed by atoms with van der Waals surface area (Å²) in [4.78, 5) is 24.5. The van der Waals surface area contributed by atoms with Gasteiger partial charge in [0.1, 0.15) is 11.3 Å². The van der Waals surface area contributed by atoms with Gasteiger partial charge in [0.25, 0.3) is 5.79 Å². The van der Waals surface area contributed by atoms with E-state index in [1.165, 1.54) is 6.08 Å². The third-order valence-electron chi connectivity index (χ3n) is 3.73. The molecule has 1 aliphatic heterocycles. The summed E-state index contributed by atoms with van der Waals surface area (Å²) in [5.41, 5.74) is -0.563. The number of hydrogen-bond acceptors (Lipinski definition) is 5. The zero-order valence-electron chi connectivity index (χ0n) is 13.1. The predicted molar refractivity (Wildman–Crippen MR) is 91.5 cm³/mol. The highest BCUT2D eigenvalue weighted by molar-refractivity contribution is 9.11. The molecule has 5 nitrogen and oxygen atoms in total. The molecule has 1 N–H and O–H groups in total. The Kier molecular flexibility index (Phi) is 4.65. The molecule has 2 rings (SSSR count). The number of benzene rings is 1. The molecular weight excluding hydrogens is 432 g/mol. The fourth-order valence-corrected chi connectivity index (χ4v) is 3.10. The molecule has 0 saturated carbocycles. The number of carbonyl (C=O) groups is 2. The van der Waals surface area contributed by atoms with Crippen molar-refractivity contribution >= 4 is 49.9 Å². The molecule has 0 spiro atoms. The Balaban J connectivity index is 2.44. The SMILES string of the molecule is CC(C)(C)C1(C)OC(=O)C(=Cc2cc(Br)cc(Br)c2O)C(=O)O1. The van der Waals surface area contributed by atoms with E-state index in [4.69, 9.17) is 9.47 Å². The minimum absolute atomic E-state index is 0.0922. The van der Waals surface area contributed by atoms with Crippen LogP contribution in [0.25, 0.3) is 6.08 Å². The van der Waals surface area contributed by atoms with E-state index in [0.29, 0.717) is 8.95 Å². The second-order valence-corrected chi connectivity index (χ2v) is 8.13. The quantitative estimate of drug-likeness (QED) is 0.397. The van der Waals surface area contributed by atoms with E-state index < -0.39 is 23.1 Å². The van der Waals surface area contributed by atoms with Gasteiger partial charge in [-0.15, -0.1) is 0 Å². The lowest BCUT2D eigenvalue weighted by Gasteiger charge is -2.42. The van der Waals surface area contributed by atoms with E-state index >= 15 is 0 Å². The van der Waals surface area contributed by atoms with Crippen molar-refractivity contribution in [1.29, 1.82) is 0 Å². The number of esters is 2. The van der Waals surface area contributed by atoms with Gasteiger partial charge in [-0.2, -0.15) is 0 Å². The molecule has 1 heterocycles. The van der Waals surface area contributed by atoms with Gasteiger partial charge in [-0.05, 0) is 34.1 Å². The Morgan fingerprint density at radius 3 is 2.13 bits per heavy atom. The van der Waals surface area contributed by atoms with Crippen LogP contribution in [0.3, 0.4) is 0 Å². The lowest BCUT2D eigenvalue weighted by molar-refractivity contribution is -0.261. The molecule has 23 heavy (non-hydrogen) atoms. The second-order valence-electron chi connectivity index (χ2n) is 6.36. The summed E-state index contributed by atoms with van der Waals surface area (Å²) in [5.74, 6) is -3.01. The fourth-order valence-electron chi connectivity index (χ4n) is 1.84. The van der Waals surface area contributed by atoms with Crippen LogP contribution in [0.2, 0.25) is 0 Å². The van der Waals surface area contributed by atoms with E-state index in [-0.39, 0.29) is 16.9 Å². The number of phenolic OH excluding ortho intramolecular Hbond substituents is 1. The number of rotatable bonds is 1. The minimum Gasteiger partial charge on any atom is -0.506 e. The maximum Gasteiger partial charge on any atom is 0.348 e. The summed E-state index contributed by atoms with van der Waals surface area (Å²) in [6.45, 7) is 6.96. The van der Waals surface area contributed by atoms with Gasteiger partial charge < -0.3 is 14.6 Å². The van der Waals surface area contributed by atoms with Crippen molar-refractivity contribution in [2.45, 2.75) is 33.5 Å². The lowest BCUT2D eigenvalue weighted by Crippen LogP contribution is -2.52. The van der Waals surface area contributed by atoms with Crippen LogP contribution in [-0.2, 0) is 19.1 Å². The molecule has 7 heteroatoms. The van der Waals surface area contributed by atoms with Gasteiger partial charge in [-0.25, -0.2) is 9.59 Å². The molecule has 0 bridgehead atoms. The van der Waals surface area contributed by atoms with Gasteiger partial charge >= 0.3 is 11.9 Å². The molecular formula is C16H16Br2O5. The minimum atomic E-state index is -1.35. The molecule has 0 radical (unpaired) electrons. The summed E-state index contributed by atoms with van der Waals surface area (Å²) in [5, 5.41) is 10.0. The van der Waals surface area contributed by atoms with E-state index in [9.17, 15) is 14.7 Å². The van der Waals surface area contributed by atoms with Crippen LogP contribution in [0, 0.1) is 5.41 Å². The summed E-state index contributed by atoms with van der Waals surface area (Å²) in [7, 11) is 0. The molecule has 0 aliphatic carbocycles. The molecule has 1 aromatic carbocycles. The van der Waals surface area contributed by atoms with Crippen LogP contribution in [0.1, 0.15) is 33.3 Å². The number of phenols is 1.